The summed E-state index contributed by atoms with van der Waals surface area (Å²) in [5.74, 6) is 1.34. The SMILES string of the molecule is C#CCN1C(=O)C2(C(C#N)=C(N)NC3=C2C(=O)OC3(C)C)c2ccccc21. The summed E-state index contributed by atoms with van der Waals surface area (Å²) in [5, 5.41) is 12.8. The highest BCUT2D eigenvalue weighted by Crippen LogP contribution is 2.55. The van der Waals surface area contributed by atoms with Crippen molar-refractivity contribution < 1.29 is 14.3 Å². The van der Waals surface area contributed by atoms with E-state index in [2.05, 4.69) is 11.2 Å². The second-order valence-electron chi connectivity index (χ2n) is 7.04. The first kappa shape index (κ1) is 16.7. The van der Waals surface area contributed by atoms with Gasteiger partial charge in [-0.1, -0.05) is 24.1 Å². The summed E-state index contributed by atoms with van der Waals surface area (Å²) in [5.41, 5.74) is 4.94. The first-order valence-corrected chi connectivity index (χ1v) is 8.31. The van der Waals surface area contributed by atoms with Crippen molar-refractivity contribution in [3.8, 4) is 18.4 Å². The van der Waals surface area contributed by atoms with E-state index in [1.54, 1.807) is 38.1 Å². The van der Waals surface area contributed by atoms with E-state index in [1.807, 2.05) is 6.07 Å². The number of amides is 1. The summed E-state index contributed by atoms with van der Waals surface area (Å²) < 4.78 is 5.50. The number of hydrogen-bond donors (Lipinski definition) is 2. The zero-order valence-corrected chi connectivity index (χ0v) is 14.8. The number of para-hydroxylation sites is 1. The number of anilines is 1. The molecule has 3 heterocycles. The standard InChI is InChI=1S/C20H16N4O3/c1-4-9-24-13-8-6-5-7-11(13)20(18(24)26)12(10-21)16(22)23-15-14(20)17(25)27-19(15,2)3/h1,5-8,23H,9,22H2,2-3H3. The molecule has 3 aliphatic rings. The van der Waals surface area contributed by atoms with Crippen LogP contribution in [0.3, 0.4) is 0 Å². The molecule has 1 spiro atoms. The highest BCUT2D eigenvalue weighted by Gasteiger charge is 2.64. The smallest absolute Gasteiger partial charge is 0.338 e. The molecule has 3 N–H and O–H groups in total. The molecule has 7 nitrogen and oxygen atoms in total. The maximum atomic E-state index is 13.7. The van der Waals surface area contributed by atoms with Crippen LogP contribution in [0.5, 0.6) is 0 Å². The molecule has 0 radical (unpaired) electrons. The number of carbonyl (C=O) groups is 2. The molecule has 1 unspecified atom stereocenters. The largest absolute Gasteiger partial charge is 0.450 e. The number of terminal acetylenes is 1. The van der Waals surface area contributed by atoms with Gasteiger partial charge in [-0.3, -0.25) is 9.69 Å². The number of nitrogens with one attached hydrogen (secondary N) is 1. The summed E-state index contributed by atoms with van der Waals surface area (Å²) in [6.45, 7) is 3.40. The molecule has 1 amide bonds. The zero-order chi connectivity index (χ0) is 19.6. The molecule has 134 valence electrons. The lowest BCUT2D eigenvalue weighted by molar-refractivity contribution is -0.145. The topological polar surface area (TPSA) is 108 Å². The fourth-order valence-corrected chi connectivity index (χ4v) is 4.14. The zero-order valence-electron chi connectivity index (χ0n) is 14.8. The minimum Gasteiger partial charge on any atom is -0.450 e. The number of dihydropyridines is 1. The fraction of sp³-hybridized carbons (Fsp3) is 0.250. The van der Waals surface area contributed by atoms with Gasteiger partial charge in [0.25, 0.3) is 0 Å². The van der Waals surface area contributed by atoms with Crippen LogP contribution in [0.4, 0.5) is 5.69 Å². The second kappa shape index (κ2) is 5.15. The molecule has 0 saturated carbocycles. The molecule has 7 heteroatoms. The maximum absolute atomic E-state index is 13.7. The fourth-order valence-electron chi connectivity index (χ4n) is 4.14. The van der Waals surface area contributed by atoms with Gasteiger partial charge in [-0.2, -0.15) is 5.26 Å². The van der Waals surface area contributed by atoms with Crippen LogP contribution < -0.4 is 16.0 Å². The Balaban J connectivity index is 2.15. The Morgan fingerprint density at radius 2 is 2.04 bits per heavy atom. The number of benzene rings is 1. The van der Waals surface area contributed by atoms with Gasteiger partial charge in [-0.05, 0) is 19.9 Å². The first-order chi connectivity index (χ1) is 12.8. The second-order valence-corrected chi connectivity index (χ2v) is 7.04. The van der Waals surface area contributed by atoms with Gasteiger partial charge in [0.05, 0.1) is 23.4 Å². The molecule has 0 bridgehead atoms. The van der Waals surface area contributed by atoms with Gasteiger partial charge in [0.15, 0.2) is 0 Å². The lowest BCUT2D eigenvalue weighted by atomic mass is 9.67. The van der Waals surface area contributed by atoms with Crippen LogP contribution in [0.1, 0.15) is 19.4 Å². The third kappa shape index (κ3) is 1.81. The van der Waals surface area contributed by atoms with Gasteiger partial charge < -0.3 is 15.8 Å². The molecule has 0 aromatic heterocycles. The average molecular weight is 360 g/mol. The summed E-state index contributed by atoms with van der Waals surface area (Å²) in [6.07, 6.45) is 5.46. The number of rotatable bonds is 1. The van der Waals surface area contributed by atoms with Gasteiger partial charge in [0, 0.05) is 11.3 Å². The van der Waals surface area contributed by atoms with E-state index in [4.69, 9.17) is 16.9 Å². The van der Waals surface area contributed by atoms with Gasteiger partial charge >= 0.3 is 5.97 Å². The first-order valence-electron chi connectivity index (χ1n) is 8.31. The number of fused-ring (bicyclic) bond motifs is 3. The molecular weight excluding hydrogens is 344 g/mol. The maximum Gasteiger partial charge on any atom is 0.338 e. The van der Waals surface area contributed by atoms with Gasteiger partial charge in [0.2, 0.25) is 5.91 Å². The van der Waals surface area contributed by atoms with Crippen molar-refractivity contribution >= 4 is 17.6 Å². The average Bonchev–Trinajstić information content (AvgIpc) is 2.99. The van der Waals surface area contributed by atoms with E-state index in [1.165, 1.54) is 4.90 Å². The van der Waals surface area contributed by atoms with E-state index >= 15 is 0 Å². The number of nitrogens with zero attached hydrogens (tertiary/aromatic N) is 2. The minimum atomic E-state index is -1.67. The molecule has 1 aromatic carbocycles. The molecule has 0 aliphatic carbocycles. The van der Waals surface area contributed by atoms with Crippen LogP contribution in [0, 0.1) is 23.7 Å². The normalized spacial score (nSPS) is 25.0. The number of ether oxygens (including phenoxy) is 1. The lowest BCUT2D eigenvalue weighted by Crippen LogP contribution is -2.50. The molecular formula is C20H16N4O3. The van der Waals surface area contributed by atoms with Crippen LogP contribution in [-0.2, 0) is 19.7 Å². The molecule has 0 fully saturated rings. The molecule has 3 aliphatic heterocycles. The van der Waals surface area contributed by atoms with E-state index in [0.717, 1.165) is 0 Å². The van der Waals surface area contributed by atoms with E-state index in [0.29, 0.717) is 16.9 Å². The number of nitriles is 1. The summed E-state index contributed by atoms with van der Waals surface area (Å²) in [6, 6.07) is 8.98. The van der Waals surface area contributed by atoms with E-state index in [9.17, 15) is 14.9 Å². The van der Waals surface area contributed by atoms with Crippen molar-refractivity contribution in [2.45, 2.75) is 24.9 Å². The van der Waals surface area contributed by atoms with Crippen LogP contribution in [0.2, 0.25) is 0 Å². The summed E-state index contributed by atoms with van der Waals surface area (Å²) in [7, 11) is 0. The summed E-state index contributed by atoms with van der Waals surface area (Å²) >= 11 is 0. The Hall–Kier alpha value is -3.71. The van der Waals surface area contributed by atoms with Crippen molar-refractivity contribution in [3.05, 3.63) is 52.5 Å². The number of hydrogen-bond acceptors (Lipinski definition) is 6. The van der Waals surface area contributed by atoms with Gasteiger partial charge in [-0.25, -0.2) is 4.79 Å². The highest BCUT2D eigenvalue weighted by atomic mass is 16.6. The van der Waals surface area contributed by atoms with Crippen molar-refractivity contribution in [2.24, 2.45) is 5.73 Å². The Labute approximate surface area is 156 Å². The van der Waals surface area contributed by atoms with Gasteiger partial charge in [0.1, 0.15) is 22.9 Å². The minimum absolute atomic E-state index is 0.00466. The predicted molar refractivity (Wildman–Crippen MR) is 96.5 cm³/mol. The van der Waals surface area contributed by atoms with Crippen LogP contribution >= 0.6 is 0 Å². The monoisotopic (exact) mass is 360 g/mol. The number of esters is 1. The van der Waals surface area contributed by atoms with Gasteiger partial charge in [-0.15, -0.1) is 6.42 Å². The molecule has 0 saturated heterocycles. The molecule has 1 aromatic rings. The number of cyclic esters (lactones) is 1. The van der Waals surface area contributed by atoms with Crippen molar-refractivity contribution in [1.82, 2.24) is 5.32 Å². The van der Waals surface area contributed by atoms with Crippen LogP contribution in [0.15, 0.2) is 46.9 Å². The van der Waals surface area contributed by atoms with Crippen molar-refractivity contribution in [1.29, 1.82) is 5.26 Å². The predicted octanol–water partition coefficient (Wildman–Crippen LogP) is 0.791. The molecule has 1 atom stereocenters. The van der Waals surface area contributed by atoms with Crippen molar-refractivity contribution in [2.75, 3.05) is 11.4 Å². The van der Waals surface area contributed by atoms with Crippen LogP contribution in [-0.4, -0.2) is 24.0 Å². The molecule has 4 rings (SSSR count). The number of nitrogens with two attached hydrogens (primary N) is 1. The van der Waals surface area contributed by atoms with Crippen molar-refractivity contribution in [3.63, 3.8) is 0 Å². The Morgan fingerprint density at radius 1 is 1.33 bits per heavy atom. The van der Waals surface area contributed by atoms with Crippen LogP contribution in [0.25, 0.3) is 0 Å². The quantitative estimate of drug-likeness (QED) is 0.566. The number of carbonyl (C=O) groups excluding carboxylic acids is 2. The molecule has 27 heavy (non-hydrogen) atoms. The van der Waals surface area contributed by atoms with E-state index < -0.39 is 22.9 Å². The Morgan fingerprint density at radius 3 is 2.70 bits per heavy atom. The third-order valence-electron chi connectivity index (χ3n) is 5.21. The Kier molecular flexibility index (Phi) is 3.19. The van der Waals surface area contributed by atoms with E-state index in [-0.39, 0.29) is 23.5 Å². The Bertz CT molecular complexity index is 1070. The highest BCUT2D eigenvalue weighted by molar-refractivity contribution is 6.19. The lowest BCUT2D eigenvalue weighted by Gasteiger charge is -2.34. The summed E-state index contributed by atoms with van der Waals surface area (Å²) in [4.78, 5) is 27.9. The third-order valence-corrected chi connectivity index (χ3v) is 5.21.